The number of hydrogen-bond donors (Lipinski definition) is 0. The first-order chi connectivity index (χ1) is 8.76. The van der Waals surface area contributed by atoms with Gasteiger partial charge in [0.05, 0.1) is 0 Å². The smallest absolute Gasteiger partial charge is 0.191 e. The van der Waals surface area contributed by atoms with Crippen LogP contribution in [0.4, 0.5) is 0 Å². The summed E-state index contributed by atoms with van der Waals surface area (Å²) in [5.41, 5.74) is 1.07. The lowest BCUT2D eigenvalue weighted by Crippen LogP contribution is -2.00. The highest BCUT2D eigenvalue weighted by atomic mass is 79.9. The highest BCUT2D eigenvalue weighted by Crippen LogP contribution is 2.25. The quantitative estimate of drug-likeness (QED) is 0.615. The highest BCUT2D eigenvalue weighted by Gasteiger charge is 2.12. The number of rotatable bonds is 5. The van der Waals surface area contributed by atoms with Crippen LogP contribution in [0.5, 0.6) is 0 Å². The number of hydrogen-bond acceptors (Lipinski definition) is 3. The minimum absolute atomic E-state index is 0.723. The monoisotopic (exact) mass is 323 g/mol. The Morgan fingerprint density at radius 3 is 2.67 bits per heavy atom. The number of halogens is 1. The Hall–Kier alpha value is -1.07. The summed E-state index contributed by atoms with van der Waals surface area (Å²) in [6.07, 6.45) is 1.87. The molecule has 0 spiro atoms. The molecule has 5 heteroatoms. The van der Waals surface area contributed by atoms with Gasteiger partial charge in [-0.1, -0.05) is 52.8 Å². The van der Waals surface area contributed by atoms with Crippen molar-refractivity contribution < 1.29 is 0 Å². The molecule has 1 aromatic heterocycles. The van der Waals surface area contributed by atoms with Crippen molar-refractivity contribution in [3.63, 3.8) is 0 Å². The van der Waals surface area contributed by atoms with Gasteiger partial charge in [0.25, 0.3) is 0 Å². The molecule has 0 saturated heterocycles. The average Bonchev–Trinajstić information content (AvgIpc) is 2.75. The predicted octanol–water partition coefficient (Wildman–Crippen LogP) is 4.01. The Balaban J connectivity index is 2.43. The maximum absolute atomic E-state index is 4.28. The topological polar surface area (TPSA) is 30.7 Å². The summed E-state index contributed by atoms with van der Waals surface area (Å²) in [5, 5.41) is 9.46. The van der Waals surface area contributed by atoms with Gasteiger partial charge in [-0.2, -0.15) is 0 Å². The molecule has 0 fully saturated rings. The van der Waals surface area contributed by atoms with E-state index in [0.29, 0.717) is 0 Å². The van der Waals surface area contributed by atoms with Crippen molar-refractivity contribution in [2.75, 3.05) is 5.75 Å². The van der Waals surface area contributed by atoms with Crippen molar-refractivity contribution in [1.29, 1.82) is 0 Å². The van der Waals surface area contributed by atoms with Gasteiger partial charge in [-0.3, -0.25) is 4.57 Å². The van der Waals surface area contributed by atoms with Crippen molar-refractivity contribution in [2.24, 2.45) is 0 Å². The maximum Gasteiger partial charge on any atom is 0.191 e. The minimum atomic E-state index is 0.723. The molecule has 94 valence electrons. The lowest BCUT2D eigenvalue weighted by atomic mass is 10.2. The number of allylic oxidation sites excluding steroid dienone is 1. The van der Waals surface area contributed by atoms with Gasteiger partial charge in [0.1, 0.15) is 0 Å². The van der Waals surface area contributed by atoms with E-state index < -0.39 is 0 Å². The van der Waals surface area contributed by atoms with Crippen LogP contribution >= 0.6 is 27.7 Å². The van der Waals surface area contributed by atoms with Crippen LogP contribution in [0, 0.1) is 0 Å². The standard InChI is InChI=1S/C13H14BrN3S/c1-3-9-17-12(15-16-13(17)18-4-2)10-5-7-11(14)8-6-10/h3,5-8H,1,4,9H2,2H3. The number of nitrogens with zero attached hydrogens (tertiary/aromatic N) is 3. The first-order valence-electron chi connectivity index (χ1n) is 5.69. The van der Waals surface area contributed by atoms with Crippen LogP contribution in [-0.4, -0.2) is 20.5 Å². The van der Waals surface area contributed by atoms with Crippen LogP contribution in [0.15, 0.2) is 46.5 Å². The fourth-order valence-electron chi connectivity index (χ4n) is 1.63. The second-order valence-corrected chi connectivity index (χ2v) is 5.79. The van der Waals surface area contributed by atoms with Crippen molar-refractivity contribution in [3.05, 3.63) is 41.4 Å². The van der Waals surface area contributed by atoms with Gasteiger partial charge in [-0.25, -0.2) is 0 Å². The molecule has 1 aromatic carbocycles. The summed E-state index contributed by atoms with van der Waals surface area (Å²) >= 11 is 5.13. The zero-order chi connectivity index (χ0) is 13.0. The molecular formula is C13H14BrN3S. The van der Waals surface area contributed by atoms with Crippen LogP contribution in [0.3, 0.4) is 0 Å². The first kappa shape index (κ1) is 13.4. The van der Waals surface area contributed by atoms with Crippen molar-refractivity contribution in [1.82, 2.24) is 14.8 Å². The Morgan fingerprint density at radius 2 is 2.06 bits per heavy atom. The third-order valence-corrected chi connectivity index (χ3v) is 3.78. The fraction of sp³-hybridized carbons (Fsp3) is 0.231. The molecule has 18 heavy (non-hydrogen) atoms. The van der Waals surface area contributed by atoms with Crippen LogP contribution in [0.1, 0.15) is 6.92 Å². The summed E-state index contributed by atoms with van der Waals surface area (Å²) in [7, 11) is 0. The van der Waals surface area contributed by atoms with Crippen LogP contribution in [0.2, 0.25) is 0 Å². The van der Waals surface area contributed by atoms with E-state index in [0.717, 1.165) is 33.3 Å². The Morgan fingerprint density at radius 1 is 1.33 bits per heavy atom. The normalized spacial score (nSPS) is 10.6. The number of aromatic nitrogens is 3. The summed E-state index contributed by atoms with van der Waals surface area (Å²) in [4.78, 5) is 0. The molecule has 0 aliphatic rings. The molecule has 1 heterocycles. The molecule has 0 aliphatic heterocycles. The van der Waals surface area contributed by atoms with Gasteiger partial charge in [0, 0.05) is 16.6 Å². The highest BCUT2D eigenvalue weighted by molar-refractivity contribution is 9.10. The number of benzene rings is 1. The molecule has 0 amide bonds. The molecule has 2 aromatic rings. The zero-order valence-electron chi connectivity index (χ0n) is 10.1. The van der Waals surface area contributed by atoms with Gasteiger partial charge in [-0.05, 0) is 17.9 Å². The molecule has 0 atom stereocenters. The molecule has 3 nitrogen and oxygen atoms in total. The van der Waals surface area contributed by atoms with Gasteiger partial charge in [-0.15, -0.1) is 16.8 Å². The van der Waals surface area contributed by atoms with Gasteiger partial charge in [0.2, 0.25) is 0 Å². The zero-order valence-corrected chi connectivity index (χ0v) is 12.5. The molecule has 0 N–H and O–H groups in total. The molecule has 2 rings (SSSR count). The lowest BCUT2D eigenvalue weighted by Gasteiger charge is -2.06. The van der Waals surface area contributed by atoms with Crippen LogP contribution < -0.4 is 0 Å². The average molecular weight is 324 g/mol. The summed E-state index contributed by atoms with van der Waals surface area (Å²) < 4.78 is 3.15. The number of thioether (sulfide) groups is 1. The van der Waals surface area contributed by atoms with E-state index in [1.165, 1.54) is 0 Å². The van der Waals surface area contributed by atoms with E-state index in [1.54, 1.807) is 11.8 Å². The third-order valence-electron chi connectivity index (χ3n) is 2.40. The Bertz CT molecular complexity index is 534. The second-order valence-electron chi connectivity index (χ2n) is 3.65. The fourth-order valence-corrected chi connectivity index (χ4v) is 2.57. The summed E-state index contributed by atoms with van der Waals surface area (Å²) in [6, 6.07) is 8.09. The second kappa shape index (κ2) is 6.20. The first-order valence-corrected chi connectivity index (χ1v) is 7.47. The minimum Gasteiger partial charge on any atom is -0.298 e. The van der Waals surface area contributed by atoms with E-state index in [9.17, 15) is 0 Å². The Kier molecular flexibility index (Phi) is 4.60. The van der Waals surface area contributed by atoms with E-state index in [1.807, 2.05) is 30.3 Å². The van der Waals surface area contributed by atoms with E-state index in [4.69, 9.17) is 0 Å². The SMILES string of the molecule is C=CCn1c(SCC)nnc1-c1ccc(Br)cc1. The van der Waals surface area contributed by atoms with Crippen molar-refractivity contribution in [3.8, 4) is 11.4 Å². The largest absolute Gasteiger partial charge is 0.298 e. The van der Waals surface area contributed by atoms with E-state index in [2.05, 4.69) is 44.2 Å². The van der Waals surface area contributed by atoms with Gasteiger partial charge >= 0.3 is 0 Å². The van der Waals surface area contributed by atoms with Gasteiger partial charge < -0.3 is 0 Å². The van der Waals surface area contributed by atoms with Crippen LogP contribution in [-0.2, 0) is 6.54 Å². The molecular weight excluding hydrogens is 310 g/mol. The maximum atomic E-state index is 4.28. The van der Waals surface area contributed by atoms with E-state index >= 15 is 0 Å². The van der Waals surface area contributed by atoms with Crippen molar-refractivity contribution in [2.45, 2.75) is 18.6 Å². The predicted molar refractivity (Wildman–Crippen MR) is 79.8 cm³/mol. The molecule has 0 bridgehead atoms. The van der Waals surface area contributed by atoms with Gasteiger partial charge in [0.15, 0.2) is 11.0 Å². The summed E-state index contributed by atoms with van der Waals surface area (Å²) in [6.45, 7) is 6.62. The molecule has 0 saturated carbocycles. The molecule has 0 radical (unpaired) electrons. The molecule has 0 unspecified atom stereocenters. The van der Waals surface area contributed by atoms with Crippen LogP contribution in [0.25, 0.3) is 11.4 Å². The third kappa shape index (κ3) is 2.84. The lowest BCUT2D eigenvalue weighted by molar-refractivity contribution is 0.731. The molecule has 0 aliphatic carbocycles. The van der Waals surface area contributed by atoms with E-state index in [-0.39, 0.29) is 0 Å². The Labute approximate surface area is 119 Å². The summed E-state index contributed by atoms with van der Waals surface area (Å²) in [5.74, 6) is 1.87. The van der Waals surface area contributed by atoms with Crippen molar-refractivity contribution >= 4 is 27.7 Å².